The summed E-state index contributed by atoms with van der Waals surface area (Å²) < 4.78 is 9.06. The van der Waals surface area contributed by atoms with Crippen LogP contribution < -0.4 is 0 Å². The lowest BCUT2D eigenvalue weighted by Crippen LogP contribution is -2.01. The molecule has 0 N–H and O–H groups in total. The van der Waals surface area contributed by atoms with Crippen LogP contribution in [0.5, 0.6) is 0 Å². The number of aromatic nitrogens is 3. The van der Waals surface area contributed by atoms with Crippen LogP contribution in [0.4, 0.5) is 0 Å². The molecule has 4 nitrogen and oxygen atoms in total. The molecule has 0 unspecified atom stereocenters. The molecule has 7 aromatic carbocycles. The molecular formula is C41H23N3OS. The summed E-state index contributed by atoms with van der Waals surface area (Å²) >= 11 is 1.79. The summed E-state index contributed by atoms with van der Waals surface area (Å²) in [6.07, 6.45) is 0. The van der Waals surface area contributed by atoms with E-state index in [1.165, 1.54) is 25.6 Å². The van der Waals surface area contributed by atoms with E-state index in [9.17, 15) is 0 Å². The Balaban J connectivity index is 1.28. The van der Waals surface area contributed by atoms with E-state index in [4.69, 9.17) is 19.4 Å². The molecule has 0 atom stereocenters. The first-order valence-corrected chi connectivity index (χ1v) is 16.1. The average Bonchev–Trinajstić information content (AvgIpc) is 3.68. The van der Waals surface area contributed by atoms with Gasteiger partial charge in [-0.15, -0.1) is 11.3 Å². The van der Waals surface area contributed by atoms with Gasteiger partial charge in [0.2, 0.25) is 0 Å². The highest BCUT2D eigenvalue weighted by Gasteiger charge is 2.21. The second-order valence-corrected chi connectivity index (χ2v) is 12.7. The van der Waals surface area contributed by atoms with Crippen LogP contribution in [-0.2, 0) is 0 Å². The van der Waals surface area contributed by atoms with Gasteiger partial charge in [-0.05, 0) is 51.9 Å². The van der Waals surface area contributed by atoms with Gasteiger partial charge in [-0.3, -0.25) is 0 Å². The Morgan fingerprint density at radius 2 is 1.04 bits per heavy atom. The van der Waals surface area contributed by atoms with Gasteiger partial charge in [-0.1, -0.05) is 109 Å². The molecule has 214 valence electrons. The number of thiophene rings is 1. The van der Waals surface area contributed by atoms with Crippen LogP contribution in [0.2, 0.25) is 0 Å². The van der Waals surface area contributed by atoms with Crippen molar-refractivity contribution in [1.29, 1.82) is 0 Å². The van der Waals surface area contributed by atoms with E-state index in [1.54, 1.807) is 11.3 Å². The van der Waals surface area contributed by atoms with Gasteiger partial charge in [-0.2, -0.15) is 0 Å². The largest absolute Gasteiger partial charge is 0.455 e. The quantitative estimate of drug-likeness (QED) is 0.201. The Morgan fingerprint density at radius 1 is 0.413 bits per heavy atom. The topological polar surface area (TPSA) is 51.8 Å². The zero-order valence-electron chi connectivity index (χ0n) is 24.4. The summed E-state index contributed by atoms with van der Waals surface area (Å²) in [6.45, 7) is 0. The van der Waals surface area contributed by atoms with Gasteiger partial charge in [0.25, 0.3) is 0 Å². The summed E-state index contributed by atoms with van der Waals surface area (Å²) in [4.78, 5) is 15.5. The third-order valence-corrected chi connectivity index (χ3v) is 10.0. The molecule has 10 rings (SSSR count). The summed E-state index contributed by atoms with van der Waals surface area (Å²) in [5.41, 5.74) is 4.38. The molecule has 0 saturated heterocycles. The highest BCUT2D eigenvalue weighted by molar-refractivity contribution is 7.25. The van der Waals surface area contributed by atoms with Crippen LogP contribution in [-0.4, -0.2) is 15.0 Å². The van der Waals surface area contributed by atoms with Gasteiger partial charge in [0.1, 0.15) is 11.2 Å². The van der Waals surface area contributed by atoms with Crippen molar-refractivity contribution in [3.8, 4) is 34.2 Å². The van der Waals surface area contributed by atoms with Crippen LogP contribution >= 0.6 is 11.3 Å². The Kier molecular flexibility index (Phi) is 5.41. The fraction of sp³-hybridized carbons (Fsp3) is 0. The molecule has 0 amide bonds. The van der Waals surface area contributed by atoms with E-state index in [1.807, 2.05) is 12.1 Å². The van der Waals surface area contributed by atoms with Crippen molar-refractivity contribution in [3.05, 3.63) is 140 Å². The Morgan fingerprint density at radius 3 is 1.91 bits per heavy atom. The molecule has 0 aliphatic carbocycles. The van der Waals surface area contributed by atoms with Crippen molar-refractivity contribution in [2.24, 2.45) is 0 Å². The number of rotatable bonds is 3. The number of nitrogens with zero attached hydrogens (tertiary/aromatic N) is 3. The van der Waals surface area contributed by atoms with Crippen LogP contribution in [0.3, 0.4) is 0 Å². The van der Waals surface area contributed by atoms with Crippen molar-refractivity contribution < 1.29 is 4.42 Å². The third-order valence-electron chi connectivity index (χ3n) is 8.89. The third kappa shape index (κ3) is 3.89. The van der Waals surface area contributed by atoms with Gasteiger partial charge in [0.15, 0.2) is 17.5 Å². The predicted octanol–water partition coefficient (Wildman–Crippen LogP) is 11.4. The maximum atomic E-state index is 6.59. The summed E-state index contributed by atoms with van der Waals surface area (Å²) in [6, 6.07) is 48.6. The SMILES string of the molecule is c1ccc2cc(-c3nc(-c4ccc5c(c4)sc4ccccc45)nc(-c4c5ccccc5cc5c4oc4ccccc45)n3)ccc2c1. The lowest BCUT2D eigenvalue weighted by atomic mass is 9.99. The minimum Gasteiger partial charge on any atom is -0.455 e. The highest BCUT2D eigenvalue weighted by atomic mass is 32.1. The first-order valence-electron chi connectivity index (χ1n) is 15.3. The Hall–Kier alpha value is -5.91. The van der Waals surface area contributed by atoms with Gasteiger partial charge in [-0.25, -0.2) is 15.0 Å². The normalized spacial score (nSPS) is 11.9. The van der Waals surface area contributed by atoms with Crippen LogP contribution in [0, 0.1) is 0 Å². The first-order chi connectivity index (χ1) is 22.8. The summed E-state index contributed by atoms with van der Waals surface area (Å²) in [7, 11) is 0. The molecule has 10 aromatic rings. The van der Waals surface area contributed by atoms with Crippen molar-refractivity contribution in [2.45, 2.75) is 0 Å². The molecule has 3 aromatic heterocycles. The van der Waals surface area contributed by atoms with Crippen LogP contribution in [0.1, 0.15) is 0 Å². The molecule has 0 aliphatic rings. The van der Waals surface area contributed by atoms with E-state index in [0.29, 0.717) is 17.5 Å². The van der Waals surface area contributed by atoms with Crippen molar-refractivity contribution in [1.82, 2.24) is 15.0 Å². The van der Waals surface area contributed by atoms with Gasteiger partial charge >= 0.3 is 0 Å². The molecule has 0 spiro atoms. The minimum absolute atomic E-state index is 0.588. The average molecular weight is 606 g/mol. The maximum Gasteiger partial charge on any atom is 0.168 e. The molecule has 5 heteroatoms. The second kappa shape index (κ2) is 9.80. The van der Waals surface area contributed by atoms with Crippen molar-refractivity contribution in [3.63, 3.8) is 0 Å². The molecule has 0 aliphatic heterocycles. The monoisotopic (exact) mass is 605 g/mol. The lowest BCUT2D eigenvalue weighted by Gasteiger charge is -2.11. The van der Waals surface area contributed by atoms with Gasteiger partial charge in [0.05, 0.1) is 5.56 Å². The smallest absolute Gasteiger partial charge is 0.168 e. The van der Waals surface area contributed by atoms with Crippen molar-refractivity contribution in [2.75, 3.05) is 0 Å². The number of hydrogen-bond donors (Lipinski definition) is 0. The summed E-state index contributed by atoms with van der Waals surface area (Å²) in [5.74, 6) is 1.84. The van der Waals surface area contributed by atoms with E-state index in [-0.39, 0.29) is 0 Å². The summed E-state index contributed by atoms with van der Waals surface area (Å²) in [5, 5.41) is 9.09. The molecule has 0 fully saturated rings. The minimum atomic E-state index is 0.588. The van der Waals surface area contributed by atoms with Crippen LogP contribution in [0.15, 0.2) is 144 Å². The Labute approximate surface area is 267 Å². The van der Waals surface area contributed by atoms with E-state index >= 15 is 0 Å². The fourth-order valence-corrected chi connectivity index (χ4v) is 7.83. The molecule has 46 heavy (non-hydrogen) atoms. The van der Waals surface area contributed by atoms with Crippen LogP contribution in [0.25, 0.3) is 97.8 Å². The standard InChI is InChI=1S/C41H23N3OS/c1-2-10-25-21-27(18-17-24(25)9-1)39-42-40(28-19-20-32-31-14-6-8-16-35(31)46-36(32)23-28)44-41(43-39)37-29-12-4-3-11-26(29)22-33-30-13-5-7-15-34(30)45-38(33)37/h1-23H. The number of para-hydroxylation sites is 1. The van der Waals surface area contributed by atoms with E-state index in [2.05, 4.69) is 127 Å². The molecule has 0 radical (unpaired) electrons. The first kappa shape index (κ1) is 25.4. The molecular weight excluding hydrogens is 583 g/mol. The van der Waals surface area contributed by atoms with Crippen molar-refractivity contribution >= 4 is 75.0 Å². The zero-order chi connectivity index (χ0) is 30.2. The predicted molar refractivity (Wildman–Crippen MR) is 191 cm³/mol. The van der Waals surface area contributed by atoms with Gasteiger partial charge in [0, 0.05) is 42.1 Å². The van der Waals surface area contributed by atoms with E-state index < -0.39 is 0 Å². The molecule has 0 bridgehead atoms. The fourth-order valence-electron chi connectivity index (χ4n) is 6.68. The van der Waals surface area contributed by atoms with E-state index in [0.717, 1.165) is 54.8 Å². The zero-order valence-corrected chi connectivity index (χ0v) is 25.3. The number of furan rings is 1. The number of hydrogen-bond acceptors (Lipinski definition) is 5. The Bertz CT molecular complexity index is 2830. The number of benzene rings is 7. The maximum absolute atomic E-state index is 6.59. The highest BCUT2D eigenvalue weighted by Crippen LogP contribution is 2.41. The molecule has 0 saturated carbocycles. The lowest BCUT2D eigenvalue weighted by molar-refractivity contribution is 0.670. The number of fused-ring (bicyclic) bond motifs is 8. The molecule has 3 heterocycles. The van der Waals surface area contributed by atoms with Gasteiger partial charge < -0.3 is 4.42 Å². The second-order valence-electron chi connectivity index (χ2n) is 11.6.